The molecule has 1 aromatic heterocycles. The van der Waals surface area contributed by atoms with Crippen molar-refractivity contribution in [3.8, 4) is 11.3 Å². The Hall–Kier alpha value is -3.12. The van der Waals surface area contributed by atoms with Gasteiger partial charge in [0.15, 0.2) is 11.7 Å². The standard InChI is InChI=1S/C23H24N4O5S2/c1-26-10-12-27(13-11-26)34(30,31)19-9-5-8-18(14-19)22(29)32-15-21(28)25-23-24-20(16-33-23)17-6-3-2-4-7-17/h2-9,14,16H,10-13,15H2,1H3,(H,24,25,28). The maximum Gasteiger partial charge on any atom is 0.338 e. The SMILES string of the molecule is CN1CCN(S(=O)(=O)c2cccc(C(=O)OCC(=O)Nc3nc(-c4ccccc4)cs3)c2)CC1. The number of sulfonamides is 1. The van der Waals surface area contributed by atoms with E-state index in [2.05, 4.69) is 15.2 Å². The molecule has 34 heavy (non-hydrogen) atoms. The van der Waals surface area contributed by atoms with Crippen LogP contribution in [-0.2, 0) is 19.6 Å². The predicted octanol–water partition coefficient (Wildman–Crippen LogP) is 2.54. The summed E-state index contributed by atoms with van der Waals surface area (Å²) in [6, 6.07) is 15.2. The third-order valence-electron chi connectivity index (χ3n) is 5.32. The zero-order valence-corrected chi connectivity index (χ0v) is 20.1. The van der Waals surface area contributed by atoms with Gasteiger partial charge >= 0.3 is 5.97 Å². The van der Waals surface area contributed by atoms with Gasteiger partial charge in [-0.05, 0) is 25.2 Å². The summed E-state index contributed by atoms with van der Waals surface area (Å²) in [5.74, 6) is -1.32. The number of benzene rings is 2. The number of likely N-dealkylation sites (N-methyl/N-ethyl adjacent to an activating group) is 1. The van der Waals surface area contributed by atoms with Crippen LogP contribution < -0.4 is 5.32 Å². The predicted molar refractivity (Wildman–Crippen MR) is 129 cm³/mol. The van der Waals surface area contributed by atoms with Crippen LogP contribution in [-0.4, -0.2) is 74.3 Å². The number of rotatable bonds is 7. The lowest BCUT2D eigenvalue weighted by molar-refractivity contribution is -0.119. The molecule has 0 unspecified atom stereocenters. The van der Waals surface area contributed by atoms with Crippen LogP contribution in [0.1, 0.15) is 10.4 Å². The monoisotopic (exact) mass is 500 g/mol. The van der Waals surface area contributed by atoms with Crippen molar-refractivity contribution in [2.45, 2.75) is 4.90 Å². The van der Waals surface area contributed by atoms with Gasteiger partial charge in [-0.2, -0.15) is 4.31 Å². The second-order valence-corrected chi connectivity index (χ2v) is 10.6. The van der Waals surface area contributed by atoms with Crippen molar-refractivity contribution < 1.29 is 22.7 Å². The van der Waals surface area contributed by atoms with E-state index < -0.39 is 28.5 Å². The van der Waals surface area contributed by atoms with Gasteiger partial charge in [0.25, 0.3) is 5.91 Å². The van der Waals surface area contributed by atoms with E-state index in [4.69, 9.17) is 4.74 Å². The van der Waals surface area contributed by atoms with Crippen molar-refractivity contribution in [3.63, 3.8) is 0 Å². The van der Waals surface area contributed by atoms with E-state index in [1.807, 2.05) is 42.8 Å². The van der Waals surface area contributed by atoms with E-state index >= 15 is 0 Å². The van der Waals surface area contributed by atoms with Gasteiger partial charge < -0.3 is 9.64 Å². The zero-order chi connectivity index (χ0) is 24.1. The molecule has 1 saturated heterocycles. The third kappa shape index (κ3) is 5.68. The first kappa shape index (κ1) is 24.0. The highest BCUT2D eigenvalue weighted by Crippen LogP contribution is 2.24. The number of anilines is 1. The highest BCUT2D eigenvalue weighted by Gasteiger charge is 2.28. The van der Waals surface area contributed by atoms with Crippen LogP contribution in [0, 0.1) is 0 Å². The number of piperazine rings is 1. The molecule has 11 heteroatoms. The Morgan fingerprint density at radius 1 is 1.06 bits per heavy atom. The normalized spacial score (nSPS) is 15.1. The number of nitrogens with one attached hydrogen (secondary N) is 1. The summed E-state index contributed by atoms with van der Waals surface area (Å²) in [5.41, 5.74) is 1.72. The number of ether oxygens (including phenoxy) is 1. The van der Waals surface area contributed by atoms with Crippen molar-refractivity contribution in [2.75, 3.05) is 45.2 Å². The van der Waals surface area contributed by atoms with Gasteiger partial charge in [-0.3, -0.25) is 10.1 Å². The molecular weight excluding hydrogens is 476 g/mol. The smallest absolute Gasteiger partial charge is 0.338 e. The quantitative estimate of drug-likeness (QED) is 0.497. The Morgan fingerprint density at radius 3 is 2.53 bits per heavy atom. The maximum absolute atomic E-state index is 12.9. The molecule has 0 aliphatic carbocycles. The van der Waals surface area contributed by atoms with Crippen molar-refractivity contribution >= 4 is 38.4 Å². The Kier molecular flexibility index (Phi) is 7.37. The molecule has 3 aromatic rings. The molecule has 0 spiro atoms. The van der Waals surface area contributed by atoms with Crippen molar-refractivity contribution in [3.05, 3.63) is 65.5 Å². The van der Waals surface area contributed by atoms with E-state index in [1.54, 1.807) is 0 Å². The van der Waals surface area contributed by atoms with Crippen LogP contribution in [0.5, 0.6) is 0 Å². The van der Waals surface area contributed by atoms with E-state index in [0.29, 0.717) is 31.3 Å². The van der Waals surface area contributed by atoms with Gasteiger partial charge in [0.2, 0.25) is 10.0 Å². The number of thiazole rings is 1. The largest absolute Gasteiger partial charge is 0.452 e. The average molecular weight is 501 g/mol. The first-order chi connectivity index (χ1) is 16.3. The average Bonchev–Trinajstić information content (AvgIpc) is 3.32. The topological polar surface area (TPSA) is 109 Å². The second kappa shape index (κ2) is 10.4. The van der Waals surface area contributed by atoms with E-state index in [0.717, 1.165) is 11.3 Å². The maximum atomic E-state index is 12.9. The van der Waals surface area contributed by atoms with Gasteiger partial charge in [-0.15, -0.1) is 11.3 Å². The van der Waals surface area contributed by atoms with Crippen LogP contribution in [0.3, 0.4) is 0 Å². The summed E-state index contributed by atoms with van der Waals surface area (Å²) in [7, 11) is -1.78. The molecule has 4 rings (SSSR count). The number of aromatic nitrogens is 1. The van der Waals surface area contributed by atoms with Crippen LogP contribution in [0.4, 0.5) is 5.13 Å². The van der Waals surface area contributed by atoms with Crippen molar-refractivity contribution in [2.24, 2.45) is 0 Å². The lowest BCUT2D eigenvalue weighted by atomic mass is 10.2. The number of amides is 1. The third-order valence-corrected chi connectivity index (χ3v) is 7.98. The zero-order valence-electron chi connectivity index (χ0n) is 18.5. The summed E-state index contributed by atoms with van der Waals surface area (Å²) in [6.45, 7) is 1.53. The summed E-state index contributed by atoms with van der Waals surface area (Å²) >= 11 is 1.26. The van der Waals surface area contributed by atoms with E-state index in [9.17, 15) is 18.0 Å². The molecule has 178 valence electrons. The summed E-state index contributed by atoms with van der Waals surface area (Å²) in [5, 5.41) is 4.82. The van der Waals surface area contributed by atoms with Gasteiger partial charge in [0.05, 0.1) is 16.2 Å². The fourth-order valence-corrected chi connectivity index (χ4v) is 5.61. The van der Waals surface area contributed by atoms with Gasteiger partial charge in [-0.25, -0.2) is 18.2 Å². The van der Waals surface area contributed by atoms with Gasteiger partial charge in [0.1, 0.15) is 0 Å². The number of hydrogen-bond acceptors (Lipinski definition) is 8. The van der Waals surface area contributed by atoms with E-state index in [-0.39, 0.29) is 10.5 Å². The Morgan fingerprint density at radius 2 is 1.79 bits per heavy atom. The molecule has 1 aliphatic rings. The minimum Gasteiger partial charge on any atom is -0.452 e. The van der Waals surface area contributed by atoms with Crippen LogP contribution in [0.2, 0.25) is 0 Å². The molecular formula is C23H24N4O5S2. The molecule has 0 bridgehead atoms. The molecule has 2 aromatic carbocycles. The molecule has 9 nitrogen and oxygen atoms in total. The number of esters is 1. The number of carbonyl (C=O) groups is 2. The number of hydrogen-bond donors (Lipinski definition) is 1. The van der Waals surface area contributed by atoms with Gasteiger partial charge in [0, 0.05) is 37.1 Å². The highest BCUT2D eigenvalue weighted by molar-refractivity contribution is 7.89. The first-order valence-electron chi connectivity index (χ1n) is 10.6. The molecule has 1 fully saturated rings. The van der Waals surface area contributed by atoms with Gasteiger partial charge in [-0.1, -0.05) is 36.4 Å². The molecule has 0 saturated carbocycles. The number of nitrogens with zero attached hydrogens (tertiary/aromatic N) is 3. The van der Waals surface area contributed by atoms with Crippen LogP contribution in [0.15, 0.2) is 64.9 Å². The number of carbonyl (C=O) groups excluding carboxylic acids is 2. The lowest BCUT2D eigenvalue weighted by Crippen LogP contribution is -2.47. The molecule has 2 heterocycles. The molecule has 0 radical (unpaired) electrons. The minimum atomic E-state index is -3.72. The lowest BCUT2D eigenvalue weighted by Gasteiger charge is -2.31. The second-order valence-electron chi connectivity index (χ2n) is 7.76. The van der Waals surface area contributed by atoms with E-state index in [1.165, 1.54) is 39.9 Å². The fourth-order valence-electron chi connectivity index (χ4n) is 3.40. The minimum absolute atomic E-state index is 0.0205. The van der Waals surface area contributed by atoms with Crippen molar-refractivity contribution in [1.29, 1.82) is 0 Å². The summed E-state index contributed by atoms with van der Waals surface area (Å²) in [4.78, 5) is 31.1. The Bertz CT molecular complexity index is 1270. The summed E-state index contributed by atoms with van der Waals surface area (Å²) < 4.78 is 32.4. The molecule has 1 aliphatic heterocycles. The van der Waals surface area contributed by atoms with Crippen LogP contribution >= 0.6 is 11.3 Å². The Balaban J connectivity index is 1.34. The highest BCUT2D eigenvalue weighted by atomic mass is 32.2. The molecule has 1 amide bonds. The molecule has 1 N–H and O–H groups in total. The fraction of sp³-hybridized carbons (Fsp3) is 0.261. The molecule has 0 atom stereocenters. The van der Waals surface area contributed by atoms with Crippen molar-refractivity contribution in [1.82, 2.24) is 14.2 Å². The van der Waals surface area contributed by atoms with Crippen LogP contribution in [0.25, 0.3) is 11.3 Å². The first-order valence-corrected chi connectivity index (χ1v) is 12.9. The summed E-state index contributed by atoms with van der Waals surface area (Å²) in [6.07, 6.45) is 0. The Labute approximate surface area is 202 Å².